The molecule has 0 spiro atoms. The first-order valence-corrected chi connectivity index (χ1v) is 7.71. The summed E-state index contributed by atoms with van der Waals surface area (Å²) in [6.07, 6.45) is 0.609. The van der Waals surface area contributed by atoms with Crippen molar-refractivity contribution in [3.63, 3.8) is 0 Å². The average Bonchev–Trinajstić information content (AvgIpc) is 2.89. The summed E-state index contributed by atoms with van der Waals surface area (Å²) >= 11 is 0. The molecule has 2 heterocycles. The van der Waals surface area contributed by atoms with Gasteiger partial charge in [-0.3, -0.25) is 9.59 Å². The molecule has 0 atom stereocenters. The van der Waals surface area contributed by atoms with Gasteiger partial charge in [-0.2, -0.15) is 0 Å². The van der Waals surface area contributed by atoms with Gasteiger partial charge in [0.2, 0.25) is 5.91 Å². The number of rotatable bonds is 5. The minimum atomic E-state index is -0.188. The van der Waals surface area contributed by atoms with Gasteiger partial charge < -0.3 is 14.8 Å². The van der Waals surface area contributed by atoms with E-state index in [1.165, 1.54) is 0 Å². The molecule has 0 aliphatic rings. The smallest absolute Gasteiger partial charge is 0.258 e. The summed E-state index contributed by atoms with van der Waals surface area (Å²) in [5, 5.41) is 7.23. The highest BCUT2D eigenvalue weighted by Gasteiger charge is 2.11. The monoisotopic (exact) mass is 326 g/mol. The predicted octanol–water partition coefficient (Wildman–Crippen LogP) is 1.78. The number of amides is 1. The number of benzene rings is 1. The first kappa shape index (κ1) is 15.9. The summed E-state index contributed by atoms with van der Waals surface area (Å²) < 4.78 is 5.06. The van der Waals surface area contributed by atoms with Crippen LogP contribution in [0.5, 0.6) is 0 Å². The van der Waals surface area contributed by atoms with Gasteiger partial charge in [0.25, 0.3) is 5.56 Å². The van der Waals surface area contributed by atoms with Gasteiger partial charge in [-0.05, 0) is 26.0 Å². The minimum absolute atomic E-state index is 0.120. The van der Waals surface area contributed by atoms with Crippen molar-refractivity contribution in [3.05, 3.63) is 57.5 Å². The maximum absolute atomic E-state index is 12.0. The Bertz CT molecular complexity index is 923. The van der Waals surface area contributed by atoms with Gasteiger partial charge in [0, 0.05) is 24.9 Å². The van der Waals surface area contributed by atoms with Crippen LogP contribution >= 0.6 is 0 Å². The number of carbonyl (C=O) groups is 1. The quantitative estimate of drug-likeness (QED) is 0.744. The van der Waals surface area contributed by atoms with E-state index in [0.29, 0.717) is 35.5 Å². The molecule has 3 rings (SSSR count). The standard InChI is InChI=1S/C17H18N4O3/c1-10-13(11(2)24-21-10)9-18-16(22)8-7-15-19-14-6-4-3-5-12(14)17(23)20-15/h3-6H,7-9H2,1-2H3,(H,18,22)(H,19,20,23). The molecule has 0 aliphatic carbocycles. The van der Waals surface area contributed by atoms with Crippen LogP contribution in [-0.2, 0) is 17.8 Å². The molecule has 7 nitrogen and oxygen atoms in total. The summed E-state index contributed by atoms with van der Waals surface area (Å²) in [6, 6.07) is 7.13. The second kappa shape index (κ2) is 6.66. The van der Waals surface area contributed by atoms with Crippen molar-refractivity contribution >= 4 is 16.8 Å². The number of hydrogen-bond donors (Lipinski definition) is 2. The van der Waals surface area contributed by atoms with Crippen LogP contribution in [0.3, 0.4) is 0 Å². The van der Waals surface area contributed by atoms with Gasteiger partial charge >= 0.3 is 0 Å². The van der Waals surface area contributed by atoms with E-state index in [0.717, 1.165) is 11.3 Å². The first-order chi connectivity index (χ1) is 11.5. The van der Waals surface area contributed by atoms with Crippen LogP contribution in [0.4, 0.5) is 0 Å². The van der Waals surface area contributed by atoms with Gasteiger partial charge in [0.05, 0.1) is 16.6 Å². The number of H-pyrrole nitrogens is 1. The highest BCUT2D eigenvalue weighted by atomic mass is 16.5. The van der Waals surface area contributed by atoms with E-state index in [1.54, 1.807) is 18.2 Å². The Labute approximate surface area is 138 Å². The Balaban J connectivity index is 1.61. The summed E-state index contributed by atoms with van der Waals surface area (Å²) in [5.41, 5.74) is 2.10. The SMILES string of the molecule is Cc1noc(C)c1CNC(=O)CCc1nc2ccccc2c(=O)[nH]1. The molecule has 1 amide bonds. The summed E-state index contributed by atoms with van der Waals surface area (Å²) in [5.74, 6) is 1.09. The summed E-state index contributed by atoms with van der Waals surface area (Å²) in [4.78, 5) is 31.1. The topological polar surface area (TPSA) is 101 Å². The third-order valence-corrected chi connectivity index (χ3v) is 3.89. The molecular formula is C17H18N4O3. The maximum Gasteiger partial charge on any atom is 0.258 e. The number of carbonyl (C=O) groups excluding carboxylic acids is 1. The van der Waals surface area contributed by atoms with Crippen molar-refractivity contribution < 1.29 is 9.32 Å². The zero-order valence-electron chi connectivity index (χ0n) is 13.5. The normalized spacial score (nSPS) is 10.9. The van der Waals surface area contributed by atoms with Gasteiger partial charge in [-0.15, -0.1) is 0 Å². The van der Waals surface area contributed by atoms with Gasteiger partial charge in [-0.1, -0.05) is 17.3 Å². The fraction of sp³-hybridized carbons (Fsp3) is 0.294. The van der Waals surface area contributed by atoms with Gasteiger partial charge in [-0.25, -0.2) is 4.98 Å². The number of aromatic amines is 1. The van der Waals surface area contributed by atoms with Crippen molar-refractivity contribution in [3.8, 4) is 0 Å². The number of nitrogens with zero attached hydrogens (tertiary/aromatic N) is 2. The lowest BCUT2D eigenvalue weighted by Crippen LogP contribution is -2.24. The first-order valence-electron chi connectivity index (χ1n) is 7.71. The lowest BCUT2D eigenvalue weighted by atomic mass is 10.2. The third kappa shape index (κ3) is 3.34. The number of hydrogen-bond acceptors (Lipinski definition) is 5. The molecule has 24 heavy (non-hydrogen) atoms. The van der Waals surface area contributed by atoms with E-state index in [2.05, 4.69) is 20.4 Å². The molecule has 0 aliphatic heterocycles. The molecule has 3 aromatic rings. The van der Waals surface area contributed by atoms with Crippen LogP contribution in [-0.4, -0.2) is 21.0 Å². The molecule has 0 radical (unpaired) electrons. The van der Waals surface area contributed by atoms with Crippen molar-refractivity contribution in [2.24, 2.45) is 0 Å². The molecule has 0 saturated carbocycles. The molecule has 0 saturated heterocycles. The Kier molecular flexibility index (Phi) is 4.41. The Morgan fingerprint density at radius 3 is 2.83 bits per heavy atom. The predicted molar refractivity (Wildman–Crippen MR) is 88.5 cm³/mol. The lowest BCUT2D eigenvalue weighted by Gasteiger charge is -2.05. The van der Waals surface area contributed by atoms with Crippen LogP contribution in [0.2, 0.25) is 0 Å². The van der Waals surface area contributed by atoms with Crippen molar-refractivity contribution in [2.75, 3.05) is 0 Å². The zero-order valence-corrected chi connectivity index (χ0v) is 13.5. The van der Waals surface area contributed by atoms with Crippen molar-refractivity contribution in [1.29, 1.82) is 0 Å². The van der Waals surface area contributed by atoms with E-state index in [-0.39, 0.29) is 17.9 Å². The fourth-order valence-electron chi connectivity index (χ4n) is 2.51. The zero-order chi connectivity index (χ0) is 17.1. The molecular weight excluding hydrogens is 308 g/mol. The Morgan fingerprint density at radius 1 is 1.29 bits per heavy atom. The summed E-state index contributed by atoms with van der Waals surface area (Å²) in [6.45, 7) is 4.02. The van der Waals surface area contributed by atoms with Crippen LogP contribution < -0.4 is 10.9 Å². The van der Waals surface area contributed by atoms with Crippen molar-refractivity contribution in [2.45, 2.75) is 33.2 Å². The molecule has 1 aromatic carbocycles. The van der Waals surface area contributed by atoms with Crippen molar-refractivity contribution in [1.82, 2.24) is 20.4 Å². The largest absolute Gasteiger partial charge is 0.361 e. The number of aromatic nitrogens is 3. The number of fused-ring (bicyclic) bond motifs is 1. The number of nitrogens with one attached hydrogen (secondary N) is 2. The maximum atomic E-state index is 12.0. The molecule has 0 fully saturated rings. The van der Waals surface area contributed by atoms with Gasteiger partial charge in [0.1, 0.15) is 11.6 Å². The highest BCUT2D eigenvalue weighted by Crippen LogP contribution is 2.11. The fourth-order valence-corrected chi connectivity index (χ4v) is 2.51. The molecule has 7 heteroatoms. The Morgan fingerprint density at radius 2 is 2.08 bits per heavy atom. The van der Waals surface area contributed by atoms with Crippen LogP contribution in [0.25, 0.3) is 10.9 Å². The van der Waals surface area contributed by atoms with E-state index >= 15 is 0 Å². The van der Waals surface area contributed by atoms with E-state index in [4.69, 9.17) is 4.52 Å². The van der Waals surface area contributed by atoms with E-state index in [1.807, 2.05) is 19.9 Å². The Hall–Kier alpha value is -2.96. The minimum Gasteiger partial charge on any atom is -0.361 e. The second-order valence-electron chi connectivity index (χ2n) is 5.61. The van der Waals surface area contributed by atoms with Crippen LogP contribution in [0.1, 0.15) is 29.3 Å². The molecule has 2 aromatic heterocycles. The second-order valence-corrected chi connectivity index (χ2v) is 5.61. The van der Waals surface area contributed by atoms with Gasteiger partial charge in [0.15, 0.2) is 0 Å². The van der Waals surface area contributed by atoms with E-state index < -0.39 is 0 Å². The molecule has 0 bridgehead atoms. The molecule has 0 unspecified atom stereocenters. The average molecular weight is 326 g/mol. The highest BCUT2D eigenvalue weighted by molar-refractivity contribution is 5.78. The molecule has 2 N–H and O–H groups in total. The van der Waals surface area contributed by atoms with Crippen LogP contribution in [0, 0.1) is 13.8 Å². The number of para-hydroxylation sites is 1. The van der Waals surface area contributed by atoms with E-state index in [9.17, 15) is 9.59 Å². The molecule has 124 valence electrons. The summed E-state index contributed by atoms with van der Waals surface area (Å²) in [7, 11) is 0. The lowest BCUT2D eigenvalue weighted by molar-refractivity contribution is -0.121. The van der Waals surface area contributed by atoms with Crippen LogP contribution in [0.15, 0.2) is 33.6 Å². The number of aryl methyl sites for hydroxylation is 3. The third-order valence-electron chi connectivity index (χ3n) is 3.89.